The van der Waals surface area contributed by atoms with Crippen LogP contribution >= 0.6 is 0 Å². The second-order valence-electron chi connectivity index (χ2n) is 4.15. The van der Waals surface area contributed by atoms with Crippen LogP contribution in [0.25, 0.3) is 21.9 Å². The first-order valence-electron chi connectivity index (χ1n) is 5.46. The first-order valence-corrected chi connectivity index (χ1v) is 5.46. The van der Waals surface area contributed by atoms with Crippen molar-refractivity contribution in [2.75, 3.05) is 0 Å². The number of aryl methyl sites for hydroxylation is 1. The van der Waals surface area contributed by atoms with E-state index in [0.29, 0.717) is 16.7 Å². The van der Waals surface area contributed by atoms with Gasteiger partial charge in [0.05, 0.1) is 6.61 Å². The Balaban J connectivity index is 2.58. The first kappa shape index (κ1) is 10.2. The van der Waals surface area contributed by atoms with Crippen LogP contribution in [0.4, 0.5) is 0 Å². The van der Waals surface area contributed by atoms with Gasteiger partial charge < -0.3 is 14.6 Å². The molecule has 0 fully saturated rings. The predicted octanol–water partition coefficient (Wildman–Crippen LogP) is 3.09. The molecule has 0 saturated heterocycles. The van der Waals surface area contributed by atoms with E-state index >= 15 is 0 Å². The number of aliphatic hydroxyl groups is 1. The molecule has 0 spiro atoms. The SMILES string of the molecule is Cc1cc2oc3ccccc3c2c(CO)c1O. The van der Waals surface area contributed by atoms with Gasteiger partial charge >= 0.3 is 0 Å². The Kier molecular flexibility index (Phi) is 2.09. The average molecular weight is 228 g/mol. The monoisotopic (exact) mass is 228 g/mol. The molecule has 0 atom stereocenters. The summed E-state index contributed by atoms with van der Waals surface area (Å²) in [7, 11) is 0. The van der Waals surface area contributed by atoms with Gasteiger partial charge in [0.1, 0.15) is 16.9 Å². The van der Waals surface area contributed by atoms with Crippen LogP contribution in [0.5, 0.6) is 5.75 Å². The van der Waals surface area contributed by atoms with Crippen LogP contribution < -0.4 is 0 Å². The highest BCUT2D eigenvalue weighted by Gasteiger charge is 2.15. The van der Waals surface area contributed by atoms with E-state index in [2.05, 4.69) is 0 Å². The Morgan fingerprint density at radius 1 is 1.18 bits per heavy atom. The van der Waals surface area contributed by atoms with Gasteiger partial charge in [-0.3, -0.25) is 0 Å². The maximum absolute atomic E-state index is 9.97. The molecule has 1 heterocycles. The third-order valence-corrected chi connectivity index (χ3v) is 3.09. The zero-order valence-corrected chi connectivity index (χ0v) is 9.40. The normalized spacial score (nSPS) is 11.4. The number of furan rings is 1. The smallest absolute Gasteiger partial charge is 0.136 e. The summed E-state index contributed by atoms with van der Waals surface area (Å²) < 4.78 is 5.71. The highest BCUT2D eigenvalue weighted by Crippen LogP contribution is 2.37. The van der Waals surface area contributed by atoms with Crippen LogP contribution in [-0.2, 0) is 6.61 Å². The van der Waals surface area contributed by atoms with Gasteiger partial charge in [-0.2, -0.15) is 0 Å². The molecule has 0 bridgehead atoms. The molecule has 1 aromatic heterocycles. The van der Waals surface area contributed by atoms with Crippen molar-refractivity contribution in [3.63, 3.8) is 0 Å². The van der Waals surface area contributed by atoms with Crippen LogP contribution in [-0.4, -0.2) is 10.2 Å². The molecule has 17 heavy (non-hydrogen) atoms. The number of hydrogen-bond acceptors (Lipinski definition) is 3. The van der Waals surface area contributed by atoms with Crippen molar-refractivity contribution in [3.8, 4) is 5.75 Å². The lowest BCUT2D eigenvalue weighted by atomic mass is 10.0. The van der Waals surface area contributed by atoms with Crippen molar-refractivity contribution in [1.29, 1.82) is 0 Å². The molecule has 3 rings (SSSR count). The summed E-state index contributed by atoms with van der Waals surface area (Å²) in [6.45, 7) is 1.59. The lowest BCUT2D eigenvalue weighted by Crippen LogP contribution is -1.88. The standard InChI is InChI=1S/C14H12O3/c1-8-6-12-13(10(7-15)14(8)16)9-4-2-3-5-11(9)17-12/h2-6,15-16H,7H2,1H3. The van der Waals surface area contributed by atoms with E-state index in [1.165, 1.54) is 0 Å². The molecule has 3 heteroatoms. The molecule has 0 unspecified atom stereocenters. The zero-order chi connectivity index (χ0) is 12.0. The van der Waals surface area contributed by atoms with E-state index in [1.807, 2.05) is 24.3 Å². The largest absolute Gasteiger partial charge is 0.507 e. The van der Waals surface area contributed by atoms with Gasteiger partial charge in [-0.25, -0.2) is 0 Å². The minimum absolute atomic E-state index is 0.145. The van der Waals surface area contributed by atoms with E-state index in [9.17, 15) is 10.2 Å². The van der Waals surface area contributed by atoms with E-state index < -0.39 is 0 Å². The average Bonchev–Trinajstić information content (AvgIpc) is 2.69. The fraction of sp³-hybridized carbons (Fsp3) is 0.143. The topological polar surface area (TPSA) is 53.6 Å². The minimum Gasteiger partial charge on any atom is -0.507 e. The van der Waals surface area contributed by atoms with E-state index in [0.717, 1.165) is 16.4 Å². The molecule has 0 saturated carbocycles. The number of fused-ring (bicyclic) bond motifs is 3. The Morgan fingerprint density at radius 3 is 2.71 bits per heavy atom. The lowest BCUT2D eigenvalue weighted by Gasteiger charge is -2.05. The number of phenols is 1. The van der Waals surface area contributed by atoms with Gasteiger partial charge in [-0.05, 0) is 24.6 Å². The second kappa shape index (κ2) is 3.50. The summed E-state index contributed by atoms with van der Waals surface area (Å²) in [5.41, 5.74) is 2.71. The summed E-state index contributed by atoms with van der Waals surface area (Å²) in [5, 5.41) is 21.1. The number of aliphatic hydroxyl groups excluding tert-OH is 1. The molecule has 0 radical (unpaired) electrons. The zero-order valence-electron chi connectivity index (χ0n) is 9.40. The third kappa shape index (κ3) is 1.33. The molecule has 86 valence electrons. The minimum atomic E-state index is -0.201. The summed E-state index contributed by atoms with van der Waals surface area (Å²) in [4.78, 5) is 0. The van der Waals surface area contributed by atoms with Crippen LogP contribution in [0.3, 0.4) is 0 Å². The predicted molar refractivity (Wildman–Crippen MR) is 66.0 cm³/mol. The molecule has 0 amide bonds. The number of benzene rings is 2. The fourth-order valence-electron chi connectivity index (χ4n) is 2.25. The molecule has 2 aromatic carbocycles. The Labute approximate surface area is 97.9 Å². The molecular weight excluding hydrogens is 216 g/mol. The Morgan fingerprint density at radius 2 is 1.94 bits per heavy atom. The van der Waals surface area contributed by atoms with Gasteiger partial charge in [-0.15, -0.1) is 0 Å². The van der Waals surface area contributed by atoms with Gasteiger partial charge in [0.2, 0.25) is 0 Å². The van der Waals surface area contributed by atoms with Gasteiger partial charge in [-0.1, -0.05) is 18.2 Å². The quantitative estimate of drug-likeness (QED) is 0.673. The summed E-state index contributed by atoms with van der Waals surface area (Å²) in [5.74, 6) is 0.145. The van der Waals surface area contributed by atoms with Crippen LogP contribution in [0.1, 0.15) is 11.1 Å². The number of aromatic hydroxyl groups is 1. The van der Waals surface area contributed by atoms with Gasteiger partial charge in [0, 0.05) is 16.3 Å². The van der Waals surface area contributed by atoms with Crippen molar-refractivity contribution in [2.24, 2.45) is 0 Å². The summed E-state index contributed by atoms with van der Waals surface area (Å²) in [6, 6.07) is 9.41. The molecule has 3 aromatic rings. The van der Waals surface area contributed by atoms with Crippen LogP contribution in [0, 0.1) is 6.92 Å². The number of para-hydroxylation sites is 1. The first-order chi connectivity index (χ1) is 8.22. The molecule has 3 nitrogen and oxygen atoms in total. The van der Waals surface area contributed by atoms with Crippen LogP contribution in [0.15, 0.2) is 34.7 Å². The van der Waals surface area contributed by atoms with Crippen molar-refractivity contribution in [1.82, 2.24) is 0 Å². The van der Waals surface area contributed by atoms with Crippen LogP contribution in [0.2, 0.25) is 0 Å². The van der Waals surface area contributed by atoms with Gasteiger partial charge in [0.25, 0.3) is 0 Å². The second-order valence-corrected chi connectivity index (χ2v) is 4.15. The summed E-state index contributed by atoms with van der Waals surface area (Å²) >= 11 is 0. The van der Waals surface area contributed by atoms with E-state index in [4.69, 9.17) is 4.42 Å². The fourth-order valence-corrected chi connectivity index (χ4v) is 2.25. The van der Waals surface area contributed by atoms with Crippen molar-refractivity contribution in [2.45, 2.75) is 13.5 Å². The van der Waals surface area contributed by atoms with Crippen molar-refractivity contribution < 1.29 is 14.6 Å². The molecular formula is C14H12O3. The van der Waals surface area contributed by atoms with E-state index in [1.54, 1.807) is 13.0 Å². The van der Waals surface area contributed by atoms with E-state index in [-0.39, 0.29) is 12.4 Å². The highest BCUT2D eigenvalue weighted by atomic mass is 16.3. The lowest BCUT2D eigenvalue weighted by molar-refractivity contribution is 0.277. The molecule has 2 N–H and O–H groups in total. The van der Waals surface area contributed by atoms with Crippen molar-refractivity contribution >= 4 is 21.9 Å². The maximum Gasteiger partial charge on any atom is 0.136 e. The Hall–Kier alpha value is -2.00. The summed E-state index contributed by atoms with van der Waals surface area (Å²) in [6.07, 6.45) is 0. The van der Waals surface area contributed by atoms with Crippen molar-refractivity contribution in [3.05, 3.63) is 41.5 Å². The third-order valence-electron chi connectivity index (χ3n) is 3.09. The van der Waals surface area contributed by atoms with Gasteiger partial charge in [0.15, 0.2) is 0 Å². The highest BCUT2D eigenvalue weighted by molar-refractivity contribution is 6.07. The number of rotatable bonds is 1. The maximum atomic E-state index is 9.97. The molecule has 0 aliphatic carbocycles. The molecule has 0 aliphatic heterocycles. The Bertz CT molecular complexity index is 710. The number of hydrogen-bond donors (Lipinski definition) is 2. The molecule has 0 aliphatic rings.